The standard InChI is InChI=1S/C13H25N/c1-3-13(14)9(2)6-12-8-10-4-5-11(12)7-10/h9-13H,3-8,14H2,1-2H3. The predicted octanol–water partition coefficient (Wildman–Crippen LogP) is 3.19. The molecule has 0 aromatic heterocycles. The molecule has 2 aliphatic rings. The molecule has 1 heteroatoms. The Kier molecular flexibility index (Phi) is 3.16. The maximum Gasteiger partial charge on any atom is 0.00620 e. The fraction of sp³-hybridized carbons (Fsp3) is 1.00. The van der Waals surface area contributed by atoms with Crippen LogP contribution in [-0.4, -0.2) is 6.04 Å². The van der Waals surface area contributed by atoms with Crippen molar-refractivity contribution in [3.05, 3.63) is 0 Å². The molecule has 2 saturated carbocycles. The lowest BCUT2D eigenvalue weighted by molar-refractivity contribution is 0.255. The van der Waals surface area contributed by atoms with Gasteiger partial charge in [-0.15, -0.1) is 0 Å². The first-order valence-corrected chi connectivity index (χ1v) is 6.46. The third-order valence-corrected chi connectivity index (χ3v) is 4.76. The van der Waals surface area contributed by atoms with Gasteiger partial charge in [-0.05, 0) is 55.8 Å². The highest BCUT2D eigenvalue weighted by molar-refractivity contribution is 4.91. The molecule has 5 atom stereocenters. The topological polar surface area (TPSA) is 26.0 Å². The van der Waals surface area contributed by atoms with Gasteiger partial charge in [0.1, 0.15) is 0 Å². The molecule has 2 N–H and O–H groups in total. The monoisotopic (exact) mass is 195 g/mol. The van der Waals surface area contributed by atoms with Gasteiger partial charge in [0.05, 0.1) is 0 Å². The number of rotatable bonds is 4. The minimum Gasteiger partial charge on any atom is -0.327 e. The summed E-state index contributed by atoms with van der Waals surface area (Å²) in [6.07, 6.45) is 8.64. The van der Waals surface area contributed by atoms with Crippen LogP contribution in [0.15, 0.2) is 0 Å². The minimum absolute atomic E-state index is 0.439. The van der Waals surface area contributed by atoms with Gasteiger partial charge in [0.15, 0.2) is 0 Å². The molecule has 14 heavy (non-hydrogen) atoms. The van der Waals surface area contributed by atoms with Crippen molar-refractivity contribution in [3.8, 4) is 0 Å². The van der Waals surface area contributed by atoms with E-state index in [9.17, 15) is 0 Å². The van der Waals surface area contributed by atoms with Gasteiger partial charge in [-0.2, -0.15) is 0 Å². The molecule has 5 unspecified atom stereocenters. The summed E-state index contributed by atoms with van der Waals surface area (Å²) in [6, 6.07) is 0.439. The van der Waals surface area contributed by atoms with Crippen molar-refractivity contribution in [1.82, 2.24) is 0 Å². The van der Waals surface area contributed by atoms with E-state index in [-0.39, 0.29) is 0 Å². The minimum atomic E-state index is 0.439. The second kappa shape index (κ2) is 4.22. The molecule has 0 heterocycles. The van der Waals surface area contributed by atoms with E-state index in [0.717, 1.165) is 30.1 Å². The van der Waals surface area contributed by atoms with Gasteiger partial charge in [-0.1, -0.05) is 20.3 Å². The normalized spacial score (nSPS) is 40.1. The van der Waals surface area contributed by atoms with Crippen LogP contribution >= 0.6 is 0 Å². The Labute approximate surface area is 88.4 Å². The average Bonchev–Trinajstić information content (AvgIpc) is 2.77. The van der Waals surface area contributed by atoms with Gasteiger partial charge >= 0.3 is 0 Å². The SMILES string of the molecule is CCC(N)C(C)CC1CC2CCC1C2. The summed E-state index contributed by atoms with van der Waals surface area (Å²) in [7, 11) is 0. The van der Waals surface area contributed by atoms with Crippen molar-refractivity contribution in [2.45, 2.75) is 58.4 Å². The van der Waals surface area contributed by atoms with Crippen LogP contribution in [0.3, 0.4) is 0 Å². The summed E-state index contributed by atoms with van der Waals surface area (Å²) in [4.78, 5) is 0. The zero-order chi connectivity index (χ0) is 10.1. The molecule has 0 spiro atoms. The van der Waals surface area contributed by atoms with Crippen LogP contribution in [0.4, 0.5) is 0 Å². The Hall–Kier alpha value is -0.0400. The van der Waals surface area contributed by atoms with Gasteiger partial charge < -0.3 is 5.73 Å². The summed E-state index contributed by atoms with van der Waals surface area (Å²) in [6.45, 7) is 4.56. The zero-order valence-electron chi connectivity index (χ0n) is 9.71. The van der Waals surface area contributed by atoms with E-state index in [4.69, 9.17) is 5.73 Å². The van der Waals surface area contributed by atoms with Crippen molar-refractivity contribution in [3.63, 3.8) is 0 Å². The maximum absolute atomic E-state index is 6.09. The zero-order valence-corrected chi connectivity index (χ0v) is 9.71. The summed E-state index contributed by atoms with van der Waals surface area (Å²) in [5.41, 5.74) is 6.09. The Bertz CT molecular complexity index is 190. The lowest BCUT2D eigenvalue weighted by atomic mass is 9.80. The van der Waals surface area contributed by atoms with Crippen LogP contribution < -0.4 is 5.73 Å². The van der Waals surface area contributed by atoms with Gasteiger partial charge in [-0.25, -0.2) is 0 Å². The molecule has 1 nitrogen and oxygen atoms in total. The first-order valence-electron chi connectivity index (χ1n) is 6.46. The van der Waals surface area contributed by atoms with E-state index >= 15 is 0 Å². The quantitative estimate of drug-likeness (QED) is 0.732. The second-order valence-electron chi connectivity index (χ2n) is 5.72. The molecule has 2 rings (SSSR count). The Morgan fingerprint density at radius 2 is 2.07 bits per heavy atom. The first kappa shape index (κ1) is 10.5. The number of fused-ring (bicyclic) bond motifs is 2. The molecule has 0 aromatic rings. The molecule has 0 saturated heterocycles. The van der Waals surface area contributed by atoms with Crippen molar-refractivity contribution in [1.29, 1.82) is 0 Å². The molecule has 0 aliphatic heterocycles. The Morgan fingerprint density at radius 1 is 1.29 bits per heavy atom. The summed E-state index contributed by atoms with van der Waals surface area (Å²) in [5, 5.41) is 0. The first-order chi connectivity index (χ1) is 6.70. The van der Waals surface area contributed by atoms with Gasteiger partial charge in [0.25, 0.3) is 0 Å². The van der Waals surface area contributed by atoms with Crippen LogP contribution in [-0.2, 0) is 0 Å². The predicted molar refractivity (Wildman–Crippen MR) is 61.0 cm³/mol. The van der Waals surface area contributed by atoms with Crippen molar-refractivity contribution in [2.24, 2.45) is 29.4 Å². The van der Waals surface area contributed by atoms with Gasteiger partial charge in [0.2, 0.25) is 0 Å². The summed E-state index contributed by atoms with van der Waals surface area (Å²) < 4.78 is 0. The largest absolute Gasteiger partial charge is 0.327 e. The molecular formula is C13H25N. The van der Waals surface area contributed by atoms with Crippen LogP contribution in [0.5, 0.6) is 0 Å². The van der Waals surface area contributed by atoms with E-state index in [1.807, 2.05) is 0 Å². The van der Waals surface area contributed by atoms with E-state index in [0.29, 0.717) is 6.04 Å². The van der Waals surface area contributed by atoms with E-state index in [2.05, 4.69) is 13.8 Å². The third kappa shape index (κ3) is 1.98. The maximum atomic E-state index is 6.09. The lowest BCUT2D eigenvalue weighted by Gasteiger charge is -2.27. The second-order valence-corrected chi connectivity index (χ2v) is 5.72. The molecule has 0 radical (unpaired) electrons. The Morgan fingerprint density at radius 3 is 2.57 bits per heavy atom. The summed E-state index contributed by atoms with van der Waals surface area (Å²) >= 11 is 0. The third-order valence-electron chi connectivity index (χ3n) is 4.76. The molecular weight excluding hydrogens is 170 g/mol. The fourth-order valence-corrected chi connectivity index (χ4v) is 3.72. The highest BCUT2D eigenvalue weighted by atomic mass is 14.6. The molecule has 0 aromatic carbocycles. The molecule has 2 aliphatic carbocycles. The molecule has 0 amide bonds. The van der Waals surface area contributed by atoms with Gasteiger partial charge in [-0.3, -0.25) is 0 Å². The van der Waals surface area contributed by atoms with Crippen LogP contribution in [0, 0.1) is 23.7 Å². The molecule has 82 valence electrons. The average molecular weight is 195 g/mol. The lowest BCUT2D eigenvalue weighted by Crippen LogP contribution is -2.29. The number of nitrogens with two attached hydrogens (primary N) is 1. The van der Waals surface area contributed by atoms with Crippen LogP contribution in [0.2, 0.25) is 0 Å². The smallest absolute Gasteiger partial charge is 0.00620 e. The Balaban J connectivity index is 1.80. The summed E-state index contributed by atoms with van der Waals surface area (Å²) in [5.74, 6) is 3.94. The molecule has 2 bridgehead atoms. The van der Waals surface area contributed by atoms with E-state index < -0.39 is 0 Å². The highest BCUT2D eigenvalue weighted by Gasteiger charge is 2.39. The van der Waals surface area contributed by atoms with Crippen molar-refractivity contribution in [2.75, 3.05) is 0 Å². The molecule has 2 fully saturated rings. The van der Waals surface area contributed by atoms with Gasteiger partial charge in [0, 0.05) is 6.04 Å². The van der Waals surface area contributed by atoms with E-state index in [1.54, 1.807) is 6.42 Å². The van der Waals surface area contributed by atoms with Crippen molar-refractivity contribution < 1.29 is 0 Å². The number of hydrogen-bond donors (Lipinski definition) is 1. The highest BCUT2D eigenvalue weighted by Crippen LogP contribution is 2.50. The fourth-order valence-electron chi connectivity index (χ4n) is 3.72. The van der Waals surface area contributed by atoms with E-state index in [1.165, 1.54) is 25.7 Å². The van der Waals surface area contributed by atoms with Crippen molar-refractivity contribution >= 4 is 0 Å². The number of hydrogen-bond acceptors (Lipinski definition) is 1. The van der Waals surface area contributed by atoms with Crippen LogP contribution in [0.1, 0.15) is 52.4 Å². The van der Waals surface area contributed by atoms with Crippen LogP contribution in [0.25, 0.3) is 0 Å².